The third kappa shape index (κ3) is 1.63. The summed E-state index contributed by atoms with van der Waals surface area (Å²) in [6, 6.07) is 5.58. The van der Waals surface area contributed by atoms with Crippen LogP contribution in [0.5, 0.6) is 5.75 Å². The molecular weight excluding hydrogens is 196 g/mol. The minimum atomic E-state index is -0.574. The van der Waals surface area contributed by atoms with E-state index in [4.69, 9.17) is 4.74 Å². The van der Waals surface area contributed by atoms with Crippen molar-refractivity contribution in [1.82, 2.24) is 10.1 Å². The molecule has 1 aromatic carbocycles. The summed E-state index contributed by atoms with van der Waals surface area (Å²) in [5.41, 5.74) is 1.70. The van der Waals surface area contributed by atoms with Crippen LogP contribution in [0.3, 0.4) is 0 Å². The van der Waals surface area contributed by atoms with Crippen LogP contribution in [0.25, 0.3) is 11.4 Å². The second kappa shape index (κ2) is 3.61. The second-order valence-electron chi connectivity index (χ2n) is 3.10. The predicted octanol–water partition coefficient (Wildman–Crippen LogP) is 1.35. The van der Waals surface area contributed by atoms with Crippen LogP contribution >= 0.6 is 0 Å². The van der Waals surface area contributed by atoms with Crippen LogP contribution in [0.15, 0.2) is 27.5 Å². The molecule has 0 saturated heterocycles. The van der Waals surface area contributed by atoms with E-state index in [0.29, 0.717) is 11.6 Å². The Balaban J connectivity index is 2.65. The lowest BCUT2D eigenvalue weighted by Crippen LogP contribution is -1.97. The molecule has 0 bridgehead atoms. The fourth-order valence-electron chi connectivity index (χ4n) is 1.45. The molecule has 1 N–H and O–H groups in total. The minimum Gasteiger partial charge on any atom is -0.496 e. The SMILES string of the molecule is COc1cccc(C)c1-c1noc(=O)[nH]1. The fourth-order valence-corrected chi connectivity index (χ4v) is 1.45. The van der Waals surface area contributed by atoms with Gasteiger partial charge in [0.1, 0.15) is 5.75 Å². The highest BCUT2D eigenvalue weighted by molar-refractivity contribution is 5.67. The molecule has 15 heavy (non-hydrogen) atoms. The first-order valence-electron chi connectivity index (χ1n) is 4.42. The third-order valence-electron chi connectivity index (χ3n) is 2.13. The zero-order chi connectivity index (χ0) is 10.8. The summed E-state index contributed by atoms with van der Waals surface area (Å²) in [4.78, 5) is 13.3. The van der Waals surface area contributed by atoms with E-state index in [9.17, 15) is 4.79 Å². The molecule has 5 nitrogen and oxygen atoms in total. The third-order valence-corrected chi connectivity index (χ3v) is 2.13. The second-order valence-corrected chi connectivity index (χ2v) is 3.10. The first kappa shape index (κ1) is 9.51. The van der Waals surface area contributed by atoms with Crippen molar-refractivity contribution < 1.29 is 9.26 Å². The summed E-state index contributed by atoms with van der Waals surface area (Å²) in [5, 5.41) is 3.63. The Morgan fingerprint density at radius 3 is 2.87 bits per heavy atom. The number of methoxy groups -OCH3 is 1. The van der Waals surface area contributed by atoms with Crippen LogP contribution in [0.1, 0.15) is 5.56 Å². The van der Waals surface area contributed by atoms with Crippen LogP contribution in [0.4, 0.5) is 0 Å². The van der Waals surface area contributed by atoms with Gasteiger partial charge in [0.2, 0.25) is 0 Å². The molecule has 0 aliphatic rings. The number of hydrogen-bond donors (Lipinski definition) is 1. The Kier molecular flexibility index (Phi) is 2.29. The van der Waals surface area contributed by atoms with Gasteiger partial charge >= 0.3 is 5.76 Å². The van der Waals surface area contributed by atoms with Gasteiger partial charge in [0, 0.05) is 0 Å². The van der Waals surface area contributed by atoms with E-state index in [1.54, 1.807) is 13.2 Å². The summed E-state index contributed by atoms with van der Waals surface area (Å²) in [6.07, 6.45) is 0. The van der Waals surface area contributed by atoms with Gasteiger partial charge in [-0.05, 0) is 18.6 Å². The lowest BCUT2D eigenvalue weighted by molar-refractivity contribution is 0.386. The largest absolute Gasteiger partial charge is 0.496 e. The first-order valence-corrected chi connectivity index (χ1v) is 4.42. The molecule has 2 aromatic rings. The highest BCUT2D eigenvalue weighted by atomic mass is 16.5. The first-order chi connectivity index (χ1) is 7.22. The van der Waals surface area contributed by atoms with E-state index in [-0.39, 0.29) is 0 Å². The normalized spacial score (nSPS) is 10.3. The summed E-state index contributed by atoms with van der Waals surface area (Å²) < 4.78 is 9.64. The zero-order valence-electron chi connectivity index (χ0n) is 8.40. The number of nitrogens with zero attached hydrogens (tertiary/aromatic N) is 1. The zero-order valence-corrected chi connectivity index (χ0v) is 8.40. The Bertz CT molecular complexity index is 527. The van der Waals surface area contributed by atoms with Crippen molar-refractivity contribution in [1.29, 1.82) is 0 Å². The molecule has 0 aliphatic carbocycles. The van der Waals surface area contributed by atoms with Gasteiger partial charge in [-0.2, -0.15) is 0 Å². The van der Waals surface area contributed by atoms with E-state index in [2.05, 4.69) is 14.7 Å². The number of ether oxygens (including phenoxy) is 1. The lowest BCUT2D eigenvalue weighted by Gasteiger charge is -2.07. The van der Waals surface area contributed by atoms with E-state index in [1.165, 1.54) is 0 Å². The van der Waals surface area contributed by atoms with Crippen molar-refractivity contribution in [2.75, 3.05) is 7.11 Å². The van der Waals surface area contributed by atoms with Crippen LogP contribution < -0.4 is 10.5 Å². The van der Waals surface area contributed by atoms with Crippen LogP contribution in [-0.4, -0.2) is 17.3 Å². The van der Waals surface area contributed by atoms with Crippen LogP contribution in [-0.2, 0) is 0 Å². The topological polar surface area (TPSA) is 68.1 Å². The van der Waals surface area contributed by atoms with Crippen molar-refractivity contribution in [3.8, 4) is 17.1 Å². The molecule has 0 atom stereocenters. The number of H-pyrrole nitrogens is 1. The quantitative estimate of drug-likeness (QED) is 0.805. The number of benzene rings is 1. The van der Waals surface area contributed by atoms with Crippen LogP contribution in [0, 0.1) is 6.92 Å². The smallest absolute Gasteiger partial charge is 0.439 e. The summed E-state index contributed by atoms with van der Waals surface area (Å²) >= 11 is 0. The van der Waals surface area contributed by atoms with Gasteiger partial charge in [-0.25, -0.2) is 4.79 Å². The molecular formula is C10H10N2O3. The Labute approximate surface area is 85.7 Å². The Hall–Kier alpha value is -2.04. The van der Waals surface area contributed by atoms with Gasteiger partial charge in [0.15, 0.2) is 5.82 Å². The van der Waals surface area contributed by atoms with E-state index in [1.807, 2.05) is 19.1 Å². The highest BCUT2D eigenvalue weighted by Gasteiger charge is 2.12. The van der Waals surface area contributed by atoms with Crippen molar-refractivity contribution in [2.45, 2.75) is 6.92 Å². The molecule has 0 aliphatic heterocycles. The molecule has 0 spiro atoms. The molecule has 1 heterocycles. The maximum Gasteiger partial charge on any atom is 0.439 e. The Morgan fingerprint density at radius 2 is 2.27 bits per heavy atom. The molecule has 78 valence electrons. The number of aromatic nitrogens is 2. The monoisotopic (exact) mass is 206 g/mol. The van der Waals surface area contributed by atoms with Gasteiger partial charge in [-0.3, -0.25) is 9.51 Å². The standard InChI is InChI=1S/C10H10N2O3/c1-6-4-3-5-7(14-2)8(6)9-11-10(13)15-12-9/h3-5H,1-2H3,(H,11,12,13). The van der Waals surface area contributed by atoms with E-state index >= 15 is 0 Å². The van der Waals surface area contributed by atoms with Gasteiger partial charge in [0.25, 0.3) is 0 Å². The molecule has 0 saturated carbocycles. The van der Waals surface area contributed by atoms with Gasteiger partial charge < -0.3 is 4.74 Å². The Morgan fingerprint density at radius 1 is 1.47 bits per heavy atom. The number of hydrogen-bond acceptors (Lipinski definition) is 4. The average molecular weight is 206 g/mol. The maximum atomic E-state index is 10.8. The molecule has 0 radical (unpaired) electrons. The summed E-state index contributed by atoms with van der Waals surface area (Å²) in [5.74, 6) is 0.463. The molecule has 0 unspecified atom stereocenters. The van der Waals surface area contributed by atoms with Gasteiger partial charge in [-0.1, -0.05) is 17.3 Å². The predicted molar refractivity (Wildman–Crippen MR) is 53.8 cm³/mol. The van der Waals surface area contributed by atoms with Crippen molar-refractivity contribution in [3.05, 3.63) is 34.3 Å². The molecule has 0 fully saturated rings. The number of aromatic amines is 1. The van der Waals surface area contributed by atoms with E-state index in [0.717, 1.165) is 11.1 Å². The number of nitrogens with one attached hydrogen (secondary N) is 1. The molecule has 2 rings (SSSR count). The minimum absolute atomic E-state index is 0.384. The average Bonchev–Trinajstić information content (AvgIpc) is 2.64. The molecule has 0 amide bonds. The lowest BCUT2D eigenvalue weighted by atomic mass is 10.1. The van der Waals surface area contributed by atoms with Crippen molar-refractivity contribution in [3.63, 3.8) is 0 Å². The summed E-state index contributed by atoms with van der Waals surface area (Å²) in [6.45, 7) is 1.91. The molecule has 5 heteroatoms. The van der Waals surface area contributed by atoms with Crippen molar-refractivity contribution in [2.24, 2.45) is 0 Å². The van der Waals surface area contributed by atoms with Crippen molar-refractivity contribution >= 4 is 0 Å². The van der Waals surface area contributed by atoms with Gasteiger partial charge in [0.05, 0.1) is 12.7 Å². The van der Waals surface area contributed by atoms with Gasteiger partial charge in [-0.15, -0.1) is 0 Å². The molecule has 1 aromatic heterocycles. The van der Waals surface area contributed by atoms with E-state index < -0.39 is 5.76 Å². The van der Waals surface area contributed by atoms with Crippen LogP contribution in [0.2, 0.25) is 0 Å². The summed E-state index contributed by atoms with van der Waals surface area (Å²) in [7, 11) is 1.57. The number of rotatable bonds is 2. The number of aryl methyl sites for hydroxylation is 1. The maximum absolute atomic E-state index is 10.8. The fraction of sp³-hybridized carbons (Fsp3) is 0.200. The highest BCUT2D eigenvalue weighted by Crippen LogP contribution is 2.29.